The number of benzene rings is 1. The van der Waals surface area contributed by atoms with Crippen molar-refractivity contribution in [1.29, 1.82) is 0 Å². The van der Waals surface area contributed by atoms with Gasteiger partial charge in [-0.1, -0.05) is 12.1 Å². The summed E-state index contributed by atoms with van der Waals surface area (Å²) in [5.74, 6) is 0.103. The van der Waals surface area contributed by atoms with Crippen LogP contribution in [0.1, 0.15) is 52.8 Å². The van der Waals surface area contributed by atoms with E-state index in [2.05, 4.69) is 4.98 Å². The Kier molecular flexibility index (Phi) is 3.45. The normalized spacial score (nSPS) is 24.2. The highest BCUT2D eigenvalue weighted by Gasteiger charge is 2.38. The van der Waals surface area contributed by atoms with Gasteiger partial charge in [-0.05, 0) is 48.9 Å². The third kappa shape index (κ3) is 2.65. The molecule has 2 fully saturated rings. The topological polar surface area (TPSA) is 56.3 Å². The third-order valence-corrected chi connectivity index (χ3v) is 4.79. The van der Waals surface area contributed by atoms with Crippen molar-refractivity contribution in [2.75, 3.05) is 6.54 Å². The van der Waals surface area contributed by atoms with Crippen LogP contribution in [-0.4, -0.2) is 33.5 Å². The van der Waals surface area contributed by atoms with Crippen LogP contribution in [0.4, 0.5) is 4.39 Å². The molecule has 0 unspecified atom stereocenters. The van der Waals surface area contributed by atoms with Crippen LogP contribution in [0, 0.1) is 5.82 Å². The first-order chi connectivity index (χ1) is 11.1. The Morgan fingerprint density at radius 3 is 2.65 bits per heavy atom. The second-order valence-electron chi connectivity index (χ2n) is 6.49. The van der Waals surface area contributed by atoms with E-state index < -0.39 is 6.10 Å². The fourth-order valence-electron chi connectivity index (χ4n) is 3.47. The summed E-state index contributed by atoms with van der Waals surface area (Å²) >= 11 is 0. The summed E-state index contributed by atoms with van der Waals surface area (Å²) in [6.07, 6.45) is 3.98. The first-order valence-corrected chi connectivity index (χ1v) is 8.05. The minimum absolute atomic E-state index is 0.0565. The molecule has 4 nitrogen and oxygen atoms in total. The van der Waals surface area contributed by atoms with E-state index in [4.69, 9.17) is 0 Å². The number of hydrogen-bond acceptors (Lipinski definition) is 2. The van der Waals surface area contributed by atoms with Crippen molar-refractivity contribution >= 4 is 5.91 Å². The highest BCUT2D eigenvalue weighted by molar-refractivity contribution is 5.96. The van der Waals surface area contributed by atoms with Crippen molar-refractivity contribution in [3.8, 4) is 0 Å². The Hall–Kier alpha value is -2.14. The van der Waals surface area contributed by atoms with Gasteiger partial charge in [0, 0.05) is 18.4 Å². The smallest absolute Gasteiger partial charge is 0.256 e. The summed E-state index contributed by atoms with van der Waals surface area (Å²) in [7, 11) is 0. The Morgan fingerprint density at radius 1 is 1.22 bits per heavy atom. The first-order valence-electron chi connectivity index (χ1n) is 8.05. The molecule has 1 saturated carbocycles. The summed E-state index contributed by atoms with van der Waals surface area (Å²) in [6.45, 7) is 0.316. The van der Waals surface area contributed by atoms with Gasteiger partial charge in [-0.15, -0.1) is 0 Å². The number of hydrogen-bond donors (Lipinski definition) is 2. The average molecular weight is 314 g/mol. The van der Waals surface area contributed by atoms with Crippen LogP contribution in [0.3, 0.4) is 0 Å². The van der Waals surface area contributed by atoms with E-state index in [-0.39, 0.29) is 17.8 Å². The zero-order chi connectivity index (χ0) is 16.0. The molecule has 2 aliphatic rings. The molecule has 2 N–H and O–H groups in total. The number of H-pyrrole nitrogens is 1. The third-order valence-electron chi connectivity index (χ3n) is 4.79. The molecule has 5 heteroatoms. The molecule has 1 aliphatic carbocycles. The van der Waals surface area contributed by atoms with E-state index in [1.54, 1.807) is 23.2 Å². The van der Waals surface area contributed by atoms with Crippen LogP contribution < -0.4 is 0 Å². The van der Waals surface area contributed by atoms with Crippen LogP contribution in [0.25, 0.3) is 0 Å². The molecule has 2 heterocycles. The lowest BCUT2D eigenvalue weighted by Crippen LogP contribution is -2.32. The number of carbonyl (C=O) groups is 1. The van der Waals surface area contributed by atoms with Crippen molar-refractivity contribution < 1.29 is 14.3 Å². The van der Waals surface area contributed by atoms with E-state index in [0.29, 0.717) is 24.4 Å². The van der Waals surface area contributed by atoms with E-state index in [0.717, 1.165) is 24.1 Å². The molecule has 0 bridgehead atoms. The van der Waals surface area contributed by atoms with Gasteiger partial charge in [-0.2, -0.15) is 0 Å². The van der Waals surface area contributed by atoms with E-state index in [1.165, 1.54) is 12.1 Å². The predicted octanol–water partition coefficient (Wildman–Crippen LogP) is 2.98. The molecule has 1 aromatic carbocycles. The van der Waals surface area contributed by atoms with Crippen LogP contribution in [0.15, 0.2) is 36.5 Å². The zero-order valence-electron chi connectivity index (χ0n) is 12.7. The van der Waals surface area contributed by atoms with E-state index in [1.807, 2.05) is 6.07 Å². The Balaban J connectivity index is 1.64. The van der Waals surface area contributed by atoms with Gasteiger partial charge in [0.05, 0.1) is 17.7 Å². The molecular formula is C18H19FN2O2. The minimum atomic E-state index is -0.544. The van der Waals surface area contributed by atoms with Gasteiger partial charge in [0.1, 0.15) is 5.82 Å². The molecular weight excluding hydrogens is 295 g/mol. The zero-order valence-corrected chi connectivity index (χ0v) is 12.7. The summed E-state index contributed by atoms with van der Waals surface area (Å²) in [4.78, 5) is 17.9. The average Bonchev–Trinajstić information content (AvgIpc) is 3.14. The highest BCUT2D eigenvalue weighted by atomic mass is 19.1. The monoisotopic (exact) mass is 314 g/mol. The standard InChI is InChI=1S/C18H19FN2O2/c19-13-5-3-11(4-6-13)16-9-14(22)10-21(16)18(23)15-7-8-20-17(15)12-1-2-12/h3-8,12,14,16,20,22H,1-2,9-10H2/t14-,16-/m1/s1. The summed E-state index contributed by atoms with van der Waals surface area (Å²) in [5, 5.41) is 10.0. The summed E-state index contributed by atoms with van der Waals surface area (Å²) in [6, 6.07) is 7.79. The molecule has 1 saturated heterocycles. The summed E-state index contributed by atoms with van der Waals surface area (Å²) in [5.41, 5.74) is 2.57. The van der Waals surface area contributed by atoms with Crippen molar-refractivity contribution in [3.63, 3.8) is 0 Å². The largest absolute Gasteiger partial charge is 0.391 e. The van der Waals surface area contributed by atoms with Gasteiger partial charge in [0.25, 0.3) is 5.91 Å². The molecule has 2 atom stereocenters. The molecule has 1 aromatic heterocycles. The van der Waals surface area contributed by atoms with Crippen molar-refractivity contribution in [3.05, 3.63) is 59.2 Å². The number of β-amino-alcohol motifs (C(OH)–C–C–N with tert-alkyl or cyclic N) is 1. The maximum atomic E-state index is 13.1. The first kappa shape index (κ1) is 14.5. The van der Waals surface area contributed by atoms with Crippen LogP contribution in [0.2, 0.25) is 0 Å². The molecule has 4 rings (SSSR count). The molecule has 120 valence electrons. The van der Waals surface area contributed by atoms with Crippen LogP contribution >= 0.6 is 0 Å². The molecule has 0 radical (unpaired) electrons. The SMILES string of the molecule is O=C(c1cc[nH]c1C1CC1)N1C[C@H](O)C[C@@H]1c1ccc(F)cc1. The number of rotatable bonds is 3. The lowest BCUT2D eigenvalue weighted by atomic mass is 10.0. The number of nitrogens with zero attached hydrogens (tertiary/aromatic N) is 1. The van der Waals surface area contributed by atoms with Crippen molar-refractivity contribution in [2.45, 2.75) is 37.3 Å². The second kappa shape index (κ2) is 5.49. The Morgan fingerprint density at radius 2 is 1.96 bits per heavy atom. The van der Waals surface area contributed by atoms with Gasteiger partial charge < -0.3 is 15.0 Å². The number of aromatic amines is 1. The van der Waals surface area contributed by atoms with Gasteiger partial charge in [-0.3, -0.25) is 4.79 Å². The highest BCUT2D eigenvalue weighted by Crippen LogP contribution is 2.42. The molecule has 23 heavy (non-hydrogen) atoms. The fourth-order valence-corrected chi connectivity index (χ4v) is 3.47. The lowest BCUT2D eigenvalue weighted by Gasteiger charge is -2.25. The maximum Gasteiger partial charge on any atom is 0.256 e. The number of amides is 1. The number of likely N-dealkylation sites (tertiary alicyclic amines) is 1. The van der Waals surface area contributed by atoms with Crippen molar-refractivity contribution in [2.24, 2.45) is 0 Å². The molecule has 1 amide bonds. The van der Waals surface area contributed by atoms with Gasteiger partial charge in [0.15, 0.2) is 0 Å². The van der Waals surface area contributed by atoms with Crippen molar-refractivity contribution in [1.82, 2.24) is 9.88 Å². The Bertz CT molecular complexity index is 721. The number of aliphatic hydroxyl groups is 1. The quantitative estimate of drug-likeness (QED) is 0.915. The van der Waals surface area contributed by atoms with Crippen LogP contribution in [-0.2, 0) is 0 Å². The predicted molar refractivity (Wildman–Crippen MR) is 83.6 cm³/mol. The number of carbonyl (C=O) groups excluding carboxylic acids is 1. The molecule has 2 aromatic rings. The number of halogens is 1. The van der Waals surface area contributed by atoms with Crippen LogP contribution in [0.5, 0.6) is 0 Å². The van der Waals surface area contributed by atoms with Gasteiger partial charge in [0.2, 0.25) is 0 Å². The maximum absolute atomic E-state index is 13.1. The Labute approximate surface area is 133 Å². The minimum Gasteiger partial charge on any atom is -0.391 e. The number of aliphatic hydroxyl groups excluding tert-OH is 1. The number of aromatic nitrogens is 1. The van der Waals surface area contributed by atoms with E-state index in [9.17, 15) is 14.3 Å². The number of nitrogens with one attached hydrogen (secondary N) is 1. The van der Waals surface area contributed by atoms with Gasteiger partial charge in [-0.25, -0.2) is 4.39 Å². The van der Waals surface area contributed by atoms with Gasteiger partial charge >= 0.3 is 0 Å². The second-order valence-corrected chi connectivity index (χ2v) is 6.49. The molecule has 1 aliphatic heterocycles. The lowest BCUT2D eigenvalue weighted by molar-refractivity contribution is 0.0715. The fraction of sp³-hybridized carbons (Fsp3) is 0.389. The summed E-state index contributed by atoms with van der Waals surface area (Å²) < 4.78 is 13.1. The molecule has 0 spiro atoms. The van der Waals surface area contributed by atoms with E-state index >= 15 is 0 Å².